The van der Waals surface area contributed by atoms with E-state index in [0.717, 1.165) is 0 Å². The van der Waals surface area contributed by atoms with Crippen LogP contribution < -0.4 is 5.73 Å². The molecule has 0 aliphatic heterocycles. The first-order valence-electron chi connectivity index (χ1n) is 4.28. The fraction of sp³-hybridized carbons (Fsp3) is 0.333. The lowest BCUT2D eigenvalue weighted by Crippen LogP contribution is -2.15. The summed E-state index contributed by atoms with van der Waals surface area (Å²) in [5.74, 6) is 0. The molecule has 3 nitrogen and oxygen atoms in total. The van der Waals surface area contributed by atoms with Crippen LogP contribution in [0.25, 0.3) is 0 Å². The molecule has 8 heteroatoms. The highest BCUT2D eigenvalue weighted by Crippen LogP contribution is 2.36. The van der Waals surface area contributed by atoms with Gasteiger partial charge < -0.3 is 5.73 Å². The van der Waals surface area contributed by atoms with E-state index in [1.165, 1.54) is 6.07 Å². The molecule has 1 rings (SSSR count). The van der Waals surface area contributed by atoms with Crippen molar-refractivity contribution in [2.24, 2.45) is 0 Å². The molecule has 0 aromatic carbocycles. The lowest BCUT2D eigenvalue weighted by atomic mass is 10.0. The van der Waals surface area contributed by atoms with Crippen LogP contribution >= 0.6 is 0 Å². The number of nitrogens with zero attached hydrogens (tertiary/aromatic N) is 2. The zero-order valence-electron chi connectivity index (χ0n) is 8.22. The minimum absolute atomic E-state index is 0.379. The van der Waals surface area contributed by atoms with E-state index in [1.807, 2.05) is 0 Å². The van der Waals surface area contributed by atoms with Crippen LogP contribution in [-0.4, -0.2) is 4.98 Å². The molecule has 1 aromatic rings. The molecular weight excluding hydrogens is 245 g/mol. The standard InChI is InChI=1S/C9H6F5N3/c10-8(11)5-3-17-7(9(12,13)14)4(1-2-15)6(5)16/h3,8H,1H2,(H2,16,17). The summed E-state index contributed by atoms with van der Waals surface area (Å²) in [5.41, 5.74) is 1.55. The van der Waals surface area contributed by atoms with Crippen LogP contribution in [0.4, 0.5) is 27.6 Å². The fourth-order valence-electron chi connectivity index (χ4n) is 1.26. The lowest BCUT2D eigenvalue weighted by Gasteiger charge is -2.14. The Hall–Kier alpha value is -1.91. The number of anilines is 1. The van der Waals surface area contributed by atoms with Crippen molar-refractivity contribution in [1.29, 1.82) is 5.26 Å². The third kappa shape index (κ3) is 2.61. The second-order valence-corrected chi connectivity index (χ2v) is 3.09. The number of alkyl halides is 5. The first-order valence-corrected chi connectivity index (χ1v) is 4.28. The van der Waals surface area contributed by atoms with E-state index in [0.29, 0.717) is 6.20 Å². The van der Waals surface area contributed by atoms with E-state index in [4.69, 9.17) is 11.0 Å². The highest BCUT2D eigenvalue weighted by atomic mass is 19.4. The molecule has 0 bridgehead atoms. The van der Waals surface area contributed by atoms with Crippen LogP contribution in [0.15, 0.2) is 6.20 Å². The van der Waals surface area contributed by atoms with Crippen molar-refractivity contribution in [2.45, 2.75) is 19.0 Å². The minimum Gasteiger partial charge on any atom is -0.398 e. The van der Waals surface area contributed by atoms with Crippen LogP contribution in [-0.2, 0) is 12.6 Å². The molecule has 2 N–H and O–H groups in total. The molecule has 0 aliphatic carbocycles. The zero-order chi connectivity index (χ0) is 13.2. The molecule has 1 heterocycles. The first kappa shape index (κ1) is 13.2. The maximum atomic E-state index is 12.5. The molecule has 0 unspecified atom stereocenters. The predicted molar refractivity (Wildman–Crippen MR) is 47.9 cm³/mol. The van der Waals surface area contributed by atoms with Crippen molar-refractivity contribution in [1.82, 2.24) is 4.98 Å². The third-order valence-electron chi connectivity index (χ3n) is 2.01. The van der Waals surface area contributed by atoms with E-state index in [1.54, 1.807) is 0 Å². The van der Waals surface area contributed by atoms with Crippen molar-refractivity contribution in [3.8, 4) is 6.07 Å². The van der Waals surface area contributed by atoms with E-state index >= 15 is 0 Å². The van der Waals surface area contributed by atoms with Gasteiger partial charge in [0.05, 0.1) is 18.1 Å². The number of hydrogen-bond donors (Lipinski definition) is 1. The normalized spacial score (nSPS) is 11.6. The second kappa shape index (κ2) is 4.53. The van der Waals surface area contributed by atoms with Crippen LogP contribution in [0.2, 0.25) is 0 Å². The summed E-state index contributed by atoms with van der Waals surface area (Å²) in [6.07, 6.45) is -8.22. The van der Waals surface area contributed by atoms with Gasteiger partial charge in [0, 0.05) is 17.4 Å². The molecule has 0 atom stereocenters. The van der Waals surface area contributed by atoms with Gasteiger partial charge >= 0.3 is 6.18 Å². The van der Waals surface area contributed by atoms with Crippen LogP contribution in [0.5, 0.6) is 0 Å². The first-order chi connectivity index (χ1) is 7.79. The van der Waals surface area contributed by atoms with Crippen molar-refractivity contribution < 1.29 is 22.0 Å². The van der Waals surface area contributed by atoms with Gasteiger partial charge in [0.2, 0.25) is 0 Å². The van der Waals surface area contributed by atoms with Gasteiger partial charge in [-0.3, -0.25) is 4.98 Å². The molecule has 92 valence electrons. The summed E-state index contributed by atoms with van der Waals surface area (Å²) in [4.78, 5) is 2.91. The fourth-order valence-corrected chi connectivity index (χ4v) is 1.26. The molecule has 17 heavy (non-hydrogen) atoms. The van der Waals surface area contributed by atoms with Gasteiger partial charge in [0.15, 0.2) is 5.69 Å². The Labute approximate surface area is 92.7 Å². The third-order valence-corrected chi connectivity index (χ3v) is 2.01. The minimum atomic E-state index is -4.83. The number of nitrogen functional groups attached to an aromatic ring is 1. The van der Waals surface area contributed by atoms with Crippen molar-refractivity contribution in [2.75, 3.05) is 5.73 Å². The monoisotopic (exact) mass is 251 g/mol. The molecule has 1 aromatic heterocycles. The van der Waals surface area contributed by atoms with Crippen molar-refractivity contribution in [3.63, 3.8) is 0 Å². The van der Waals surface area contributed by atoms with Crippen molar-refractivity contribution >= 4 is 5.69 Å². The van der Waals surface area contributed by atoms with E-state index in [9.17, 15) is 22.0 Å². The second-order valence-electron chi connectivity index (χ2n) is 3.09. The van der Waals surface area contributed by atoms with Gasteiger partial charge in [-0.1, -0.05) is 0 Å². The summed E-state index contributed by atoms with van der Waals surface area (Å²) in [6, 6.07) is 1.44. The summed E-state index contributed by atoms with van der Waals surface area (Å²) < 4.78 is 62.2. The quantitative estimate of drug-likeness (QED) is 0.822. The van der Waals surface area contributed by atoms with Crippen molar-refractivity contribution in [3.05, 3.63) is 23.0 Å². The number of aromatic nitrogens is 1. The zero-order valence-corrected chi connectivity index (χ0v) is 8.22. The van der Waals surface area contributed by atoms with E-state index < -0.39 is 41.5 Å². The molecule has 0 fully saturated rings. The Morgan fingerprint density at radius 2 is 2.00 bits per heavy atom. The highest BCUT2D eigenvalue weighted by molar-refractivity contribution is 5.56. The smallest absolute Gasteiger partial charge is 0.398 e. The summed E-state index contributed by atoms with van der Waals surface area (Å²) >= 11 is 0. The number of hydrogen-bond acceptors (Lipinski definition) is 3. The number of halogens is 5. The number of nitrogens with two attached hydrogens (primary N) is 1. The number of pyridine rings is 1. The van der Waals surface area contributed by atoms with Gasteiger partial charge in [-0.2, -0.15) is 18.4 Å². The van der Waals surface area contributed by atoms with Gasteiger partial charge in [-0.15, -0.1) is 0 Å². The molecule has 0 saturated carbocycles. The van der Waals surface area contributed by atoms with Crippen LogP contribution in [0.1, 0.15) is 23.2 Å². The SMILES string of the molecule is N#CCc1c(C(F)(F)F)ncc(C(F)F)c1N. The summed E-state index contributed by atoms with van der Waals surface area (Å²) in [5, 5.41) is 8.38. The number of nitriles is 1. The van der Waals surface area contributed by atoms with Gasteiger partial charge in [0.25, 0.3) is 6.43 Å². The van der Waals surface area contributed by atoms with Gasteiger partial charge in [0.1, 0.15) is 0 Å². The average molecular weight is 251 g/mol. The topological polar surface area (TPSA) is 62.7 Å². The molecule has 0 saturated heterocycles. The van der Waals surface area contributed by atoms with Gasteiger partial charge in [-0.05, 0) is 0 Å². The van der Waals surface area contributed by atoms with Crippen LogP contribution in [0.3, 0.4) is 0 Å². The molecule has 0 aliphatic rings. The summed E-state index contributed by atoms with van der Waals surface area (Å²) in [6.45, 7) is 0. The Balaban J connectivity index is 3.46. The maximum absolute atomic E-state index is 12.5. The summed E-state index contributed by atoms with van der Waals surface area (Å²) in [7, 11) is 0. The molecular formula is C9H6F5N3. The highest BCUT2D eigenvalue weighted by Gasteiger charge is 2.37. The molecule has 0 radical (unpaired) electrons. The lowest BCUT2D eigenvalue weighted by molar-refractivity contribution is -0.141. The van der Waals surface area contributed by atoms with Crippen LogP contribution in [0, 0.1) is 11.3 Å². The largest absolute Gasteiger partial charge is 0.433 e. The Morgan fingerprint density at radius 1 is 1.41 bits per heavy atom. The Morgan fingerprint density at radius 3 is 2.41 bits per heavy atom. The molecule has 0 spiro atoms. The maximum Gasteiger partial charge on any atom is 0.433 e. The van der Waals surface area contributed by atoms with Gasteiger partial charge in [-0.25, -0.2) is 8.78 Å². The van der Waals surface area contributed by atoms with E-state index in [-0.39, 0.29) is 0 Å². The Kier molecular flexibility index (Phi) is 3.50. The number of rotatable bonds is 2. The average Bonchev–Trinajstić information content (AvgIpc) is 2.18. The Bertz CT molecular complexity index is 461. The van der Waals surface area contributed by atoms with E-state index in [2.05, 4.69) is 4.98 Å². The molecule has 0 amide bonds. The predicted octanol–water partition coefficient (Wildman–Crippen LogP) is 2.69.